The van der Waals surface area contributed by atoms with Crippen LogP contribution in [0.25, 0.3) is 0 Å². The number of carbonyl (C=O) groups excluding carboxylic acids is 1. The summed E-state index contributed by atoms with van der Waals surface area (Å²) in [6.07, 6.45) is 0.658. The van der Waals surface area contributed by atoms with E-state index in [4.69, 9.17) is 0 Å². The third-order valence-electron chi connectivity index (χ3n) is 2.74. The third-order valence-corrected chi connectivity index (χ3v) is 2.74. The molecule has 1 aromatic rings. The second-order valence-corrected chi connectivity index (χ2v) is 4.82. The van der Waals surface area contributed by atoms with Crippen molar-refractivity contribution in [3.63, 3.8) is 0 Å². The molecule has 98 valence electrons. The summed E-state index contributed by atoms with van der Waals surface area (Å²) in [6.45, 7) is 9.18. The van der Waals surface area contributed by atoms with Crippen molar-refractivity contribution in [3.05, 3.63) is 47.7 Å². The first-order valence-corrected chi connectivity index (χ1v) is 6.14. The van der Waals surface area contributed by atoms with E-state index in [2.05, 4.69) is 11.9 Å². The highest BCUT2D eigenvalue weighted by Crippen LogP contribution is 2.10. The molecule has 1 atom stereocenters. The first kappa shape index (κ1) is 14.5. The van der Waals surface area contributed by atoms with Gasteiger partial charge in [0.05, 0.1) is 6.04 Å². The molecule has 0 saturated heterocycles. The maximum Gasteiger partial charge on any atom is 0.159 e. The largest absolute Gasteiger partial charge is 0.511 e. The number of hydrogen-bond donors (Lipinski definition) is 2. The minimum atomic E-state index is -0.159. The van der Waals surface area contributed by atoms with Crippen LogP contribution in [0.5, 0.6) is 0 Å². The van der Waals surface area contributed by atoms with E-state index in [1.165, 1.54) is 0 Å². The van der Waals surface area contributed by atoms with Crippen LogP contribution in [-0.2, 0) is 6.42 Å². The second kappa shape index (κ2) is 6.36. The van der Waals surface area contributed by atoms with E-state index in [1.807, 2.05) is 38.1 Å². The van der Waals surface area contributed by atoms with Crippen LogP contribution in [0.3, 0.4) is 0 Å². The van der Waals surface area contributed by atoms with Gasteiger partial charge in [-0.1, -0.05) is 44.7 Å². The minimum absolute atomic E-state index is 0.0602. The van der Waals surface area contributed by atoms with Gasteiger partial charge < -0.3 is 10.4 Å². The molecule has 1 rings (SSSR count). The van der Waals surface area contributed by atoms with Crippen LogP contribution in [-0.4, -0.2) is 23.0 Å². The highest BCUT2D eigenvalue weighted by Gasteiger charge is 2.13. The van der Waals surface area contributed by atoms with Gasteiger partial charge in [0.15, 0.2) is 5.78 Å². The Kier molecular flexibility index (Phi) is 5.10. The van der Waals surface area contributed by atoms with Crippen molar-refractivity contribution in [2.75, 3.05) is 0 Å². The Balaban J connectivity index is 2.75. The number of benzene rings is 1. The van der Waals surface area contributed by atoms with Gasteiger partial charge in [-0.25, -0.2) is 0 Å². The summed E-state index contributed by atoms with van der Waals surface area (Å²) < 4.78 is 0. The zero-order valence-electron chi connectivity index (χ0n) is 11.2. The first-order chi connectivity index (χ1) is 8.40. The van der Waals surface area contributed by atoms with Crippen LogP contribution < -0.4 is 5.32 Å². The van der Waals surface area contributed by atoms with Crippen molar-refractivity contribution in [2.24, 2.45) is 0 Å². The molecule has 0 aliphatic carbocycles. The van der Waals surface area contributed by atoms with E-state index in [-0.39, 0.29) is 23.6 Å². The zero-order valence-corrected chi connectivity index (χ0v) is 11.2. The molecule has 18 heavy (non-hydrogen) atoms. The highest BCUT2D eigenvalue weighted by molar-refractivity contribution is 5.93. The normalized spacial score (nSPS) is 12.4. The quantitative estimate of drug-likeness (QED) is 0.600. The van der Waals surface area contributed by atoms with Gasteiger partial charge in [0, 0.05) is 11.6 Å². The van der Waals surface area contributed by atoms with Gasteiger partial charge in [-0.2, -0.15) is 0 Å². The molecule has 0 heterocycles. The lowest BCUT2D eigenvalue weighted by molar-refractivity contribution is 0.101. The Bertz CT molecular complexity index is 421. The lowest BCUT2D eigenvalue weighted by Gasteiger charge is -2.20. The topological polar surface area (TPSA) is 49.3 Å². The molecule has 0 aromatic heterocycles. The Morgan fingerprint density at radius 1 is 1.33 bits per heavy atom. The Morgan fingerprint density at radius 2 is 1.89 bits per heavy atom. The zero-order chi connectivity index (χ0) is 13.7. The summed E-state index contributed by atoms with van der Waals surface area (Å²) in [5.74, 6) is 0.198. The Hall–Kier alpha value is -1.61. The van der Waals surface area contributed by atoms with Crippen LogP contribution >= 0.6 is 0 Å². The molecular formula is C15H21NO2. The predicted molar refractivity (Wildman–Crippen MR) is 74.0 cm³/mol. The van der Waals surface area contributed by atoms with Crippen LogP contribution in [0.15, 0.2) is 36.6 Å². The van der Waals surface area contributed by atoms with Gasteiger partial charge in [0.2, 0.25) is 0 Å². The second-order valence-electron chi connectivity index (χ2n) is 4.82. The fraction of sp³-hybridized carbons (Fsp3) is 0.400. The fourth-order valence-corrected chi connectivity index (χ4v) is 1.79. The van der Waals surface area contributed by atoms with E-state index in [0.717, 1.165) is 5.56 Å². The lowest BCUT2D eigenvalue weighted by atomic mass is 10.0. The van der Waals surface area contributed by atoms with Gasteiger partial charge >= 0.3 is 0 Å². The Labute approximate surface area is 109 Å². The molecule has 2 N–H and O–H groups in total. The number of aliphatic hydroxyl groups excluding tert-OH is 1. The molecule has 0 fully saturated rings. The van der Waals surface area contributed by atoms with Gasteiger partial charge in [-0.15, -0.1) is 0 Å². The van der Waals surface area contributed by atoms with Crippen LogP contribution in [0.4, 0.5) is 0 Å². The standard InChI is InChI=1S/C15H21NO2/c1-10(2)16-15(12(4)18)9-13-5-7-14(8-6-13)11(3)17/h5-8,10,15-16,18H,4,9H2,1-3H3. The van der Waals surface area contributed by atoms with E-state index >= 15 is 0 Å². The van der Waals surface area contributed by atoms with Crippen LogP contribution in [0, 0.1) is 0 Å². The molecular weight excluding hydrogens is 226 g/mol. The molecule has 0 radical (unpaired) electrons. The third kappa shape index (κ3) is 4.34. The minimum Gasteiger partial charge on any atom is -0.511 e. The molecule has 0 aliphatic heterocycles. The SMILES string of the molecule is C=C(O)C(Cc1ccc(C(C)=O)cc1)NC(C)C. The molecule has 0 amide bonds. The van der Waals surface area contributed by atoms with E-state index < -0.39 is 0 Å². The molecule has 0 spiro atoms. The van der Waals surface area contributed by atoms with Crippen molar-refractivity contribution in [2.45, 2.75) is 39.3 Å². The van der Waals surface area contributed by atoms with E-state index in [0.29, 0.717) is 12.0 Å². The van der Waals surface area contributed by atoms with Crippen molar-refractivity contribution in [3.8, 4) is 0 Å². The van der Waals surface area contributed by atoms with Crippen LogP contribution in [0.2, 0.25) is 0 Å². The molecule has 3 heteroatoms. The first-order valence-electron chi connectivity index (χ1n) is 6.14. The molecule has 0 aliphatic rings. The van der Waals surface area contributed by atoms with Crippen LogP contribution in [0.1, 0.15) is 36.7 Å². The number of Topliss-reactive ketones (excluding diaryl/α,β-unsaturated/α-hetero) is 1. The highest BCUT2D eigenvalue weighted by atomic mass is 16.3. The molecule has 1 aromatic carbocycles. The summed E-state index contributed by atoms with van der Waals surface area (Å²) >= 11 is 0. The smallest absolute Gasteiger partial charge is 0.159 e. The average Bonchev–Trinajstić information content (AvgIpc) is 2.28. The number of ketones is 1. The summed E-state index contributed by atoms with van der Waals surface area (Å²) in [4.78, 5) is 11.2. The average molecular weight is 247 g/mol. The maximum atomic E-state index is 11.2. The van der Waals surface area contributed by atoms with Gasteiger partial charge in [0.25, 0.3) is 0 Å². The number of carbonyl (C=O) groups is 1. The number of aliphatic hydroxyl groups is 1. The predicted octanol–water partition coefficient (Wildman–Crippen LogP) is 2.87. The Morgan fingerprint density at radius 3 is 2.28 bits per heavy atom. The summed E-state index contributed by atoms with van der Waals surface area (Å²) in [7, 11) is 0. The maximum absolute atomic E-state index is 11.2. The summed E-state index contributed by atoms with van der Waals surface area (Å²) in [6, 6.07) is 7.56. The number of hydrogen-bond acceptors (Lipinski definition) is 3. The van der Waals surface area contributed by atoms with Crippen molar-refractivity contribution >= 4 is 5.78 Å². The van der Waals surface area contributed by atoms with Gasteiger partial charge in [-0.05, 0) is 18.9 Å². The lowest BCUT2D eigenvalue weighted by Crippen LogP contribution is -2.37. The van der Waals surface area contributed by atoms with E-state index in [9.17, 15) is 9.90 Å². The van der Waals surface area contributed by atoms with E-state index in [1.54, 1.807) is 6.92 Å². The van der Waals surface area contributed by atoms with Gasteiger partial charge in [-0.3, -0.25) is 4.79 Å². The fourth-order valence-electron chi connectivity index (χ4n) is 1.79. The monoisotopic (exact) mass is 247 g/mol. The summed E-state index contributed by atoms with van der Waals surface area (Å²) in [5.41, 5.74) is 1.77. The van der Waals surface area contributed by atoms with Crippen molar-refractivity contribution in [1.82, 2.24) is 5.32 Å². The number of nitrogens with one attached hydrogen (secondary N) is 1. The van der Waals surface area contributed by atoms with Crippen molar-refractivity contribution < 1.29 is 9.90 Å². The molecule has 1 unspecified atom stereocenters. The molecule has 3 nitrogen and oxygen atoms in total. The van der Waals surface area contributed by atoms with Gasteiger partial charge in [0.1, 0.15) is 5.76 Å². The number of rotatable bonds is 6. The molecule has 0 bridgehead atoms. The molecule has 0 saturated carbocycles. The summed E-state index contributed by atoms with van der Waals surface area (Å²) in [5, 5.41) is 12.8. The van der Waals surface area contributed by atoms with Crippen molar-refractivity contribution in [1.29, 1.82) is 0 Å².